The van der Waals surface area contributed by atoms with Crippen LogP contribution in [0.5, 0.6) is 5.75 Å². The van der Waals surface area contributed by atoms with Crippen molar-refractivity contribution in [1.82, 2.24) is 0 Å². The molecule has 0 aliphatic heterocycles. The van der Waals surface area contributed by atoms with Crippen molar-refractivity contribution in [2.75, 3.05) is 12.8 Å². The molecule has 0 amide bonds. The number of aryl methyl sites for hydroxylation is 1. The molecule has 0 spiro atoms. The fraction of sp³-hybridized carbons (Fsp3) is 0.222. The minimum Gasteiger partial charge on any atom is -0.496 e. The minimum absolute atomic E-state index is 0.521. The van der Waals surface area contributed by atoms with Crippen molar-refractivity contribution >= 4 is 12.0 Å². The molecular formula is C9H11NO2. The maximum Gasteiger partial charge on any atom is 0.153 e. The highest BCUT2D eigenvalue weighted by Gasteiger charge is 2.04. The van der Waals surface area contributed by atoms with E-state index >= 15 is 0 Å². The highest BCUT2D eigenvalue weighted by atomic mass is 16.5. The molecule has 0 heterocycles. The van der Waals surface area contributed by atoms with E-state index in [2.05, 4.69) is 0 Å². The molecule has 1 aromatic carbocycles. The number of aldehydes is 1. The summed E-state index contributed by atoms with van der Waals surface area (Å²) in [6, 6.07) is 3.36. The molecule has 0 unspecified atom stereocenters. The van der Waals surface area contributed by atoms with Gasteiger partial charge in [-0.2, -0.15) is 0 Å². The van der Waals surface area contributed by atoms with Gasteiger partial charge in [0, 0.05) is 11.8 Å². The lowest BCUT2D eigenvalue weighted by Gasteiger charge is -2.06. The standard InChI is InChI=1S/C9H11NO2/c1-6-3-7(5-11)9(12-2)4-8(6)10/h3-5H,10H2,1-2H3. The number of hydrogen-bond donors (Lipinski definition) is 1. The predicted molar refractivity (Wildman–Crippen MR) is 47.5 cm³/mol. The number of carbonyl (C=O) groups excluding carboxylic acids is 1. The summed E-state index contributed by atoms with van der Waals surface area (Å²) in [4.78, 5) is 10.5. The van der Waals surface area contributed by atoms with Crippen LogP contribution in [-0.4, -0.2) is 13.4 Å². The smallest absolute Gasteiger partial charge is 0.153 e. The maximum absolute atomic E-state index is 10.5. The first-order valence-electron chi connectivity index (χ1n) is 3.58. The molecule has 0 aromatic heterocycles. The normalized spacial score (nSPS) is 9.50. The first-order chi connectivity index (χ1) is 5.69. The number of carbonyl (C=O) groups is 1. The molecule has 2 N–H and O–H groups in total. The minimum atomic E-state index is 0.521. The highest BCUT2D eigenvalue weighted by Crippen LogP contribution is 2.23. The molecule has 0 bridgehead atoms. The number of rotatable bonds is 2. The van der Waals surface area contributed by atoms with E-state index in [9.17, 15) is 4.79 Å². The van der Waals surface area contributed by atoms with Crippen LogP contribution in [0.2, 0.25) is 0 Å². The first kappa shape index (κ1) is 8.59. The third kappa shape index (κ3) is 1.39. The molecule has 12 heavy (non-hydrogen) atoms. The molecule has 0 aliphatic carbocycles. The largest absolute Gasteiger partial charge is 0.496 e. The Labute approximate surface area is 71.1 Å². The molecule has 1 aromatic rings. The van der Waals surface area contributed by atoms with Crippen LogP contribution in [0, 0.1) is 6.92 Å². The SMILES string of the molecule is COc1cc(N)c(C)cc1C=O. The van der Waals surface area contributed by atoms with Gasteiger partial charge in [-0.05, 0) is 18.6 Å². The van der Waals surface area contributed by atoms with Crippen molar-refractivity contribution in [2.45, 2.75) is 6.92 Å². The zero-order valence-electron chi connectivity index (χ0n) is 7.13. The molecular weight excluding hydrogens is 154 g/mol. The quantitative estimate of drug-likeness (QED) is 0.532. The summed E-state index contributed by atoms with van der Waals surface area (Å²) in [6.07, 6.45) is 0.755. The topological polar surface area (TPSA) is 52.3 Å². The lowest BCUT2D eigenvalue weighted by molar-refractivity contribution is 0.112. The van der Waals surface area contributed by atoms with Gasteiger partial charge in [-0.1, -0.05) is 0 Å². The third-order valence-electron chi connectivity index (χ3n) is 1.75. The molecule has 0 radical (unpaired) electrons. The van der Waals surface area contributed by atoms with Crippen LogP contribution in [0.15, 0.2) is 12.1 Å². The Kier molecular flexibility index (Phi) is 2.33. The van der Waals surface area contributed by atoms with Gasteiger partial charge in [-0.3, -0.25) is 4.79 Å². The molecule has 3 nitrogen and oxygen atoms in total. The number of anilines is 1. The van der Waals surface area contributed by atoms with Crippen molar-refractivity contribution in [3.63, 3.8) is 0 Å². The second-order valence-electron chi connectivity index (χ2n) is 2.57. The molecule has 0 saturated heterocycles. The molecule has 1 rings (SSSR count). The summed E-state index contributed by atoms with van der Waals surface area (Å²) >= 11 is 0. The van der Waals surface area contributed by atoms with Crippen LogP contribution in [-0.2, 0) is 0 Å². The van der Waals surface area contributed by atoms with Gasteiger partial charge in [-0.15, -0.1) is 0 Å². The van der Waals surface area contributed by atoms with Gasteiger partial charge in [0.1, 0.15) is 5.75 Å². The Balaban J connectivity index is 3.28. The second-order valence-corrected chi connectivity index (χ2v) is 2.57. The van der Waals surface area contributed by atoms with E-state index in [-0.39, 0.29) is 0 Å². The predicted octanol–water partition coefficient (Wildman–Crippen LogP) is 1.40. The van der Waals surface area contributed by atoms with Gasteiger partial charge in [0.15, 0.2) is 6.29 Å². The summed E-state index contributed by atoms with van der Waals surface area (Å²) in [6.45, 7) is 1.85. The monoisotopic (exact) mass is 165 g/mol. The number of hydrogen-bond acceptors (Lipinski definition) is 3. The van der Waals surface area contributed by atoms with Crippen LogP contribution in [0.1, 0.15) is 15.9 Å². The third-order valence-corrected chi connectivity index (χ3v) is 1.75. The summed E-state index contributed by atoms with van der Waals surface area (Å²) < 4.78 is 4.96. The van der Waals surface area contributed by atoms with Crippen molar-refractivity contribution in [3.05, 3.63) is 23.3 Å². The Morgan fingerprint density at radius 3 is 2.67 bits per heavy atom. The zero-order valence-corrected chi connectivity index (χ0v) is 7.13. The van der Waals surface area contributed by atoms with Gasteiger partial charge in [0.2, 0.25) is 0 Å². The van der Waals surface area contributed by atoms with Crippen molar-refractivity contribution in [1.29, 1.82) is 0 Å². The van der Waals surface area contributed by atoms with Crippen LogP contribution in [0.25, 0.3) is 0 Å². The van der Waals surface area contributed by atoms with Crippen LogP contribution >= 0.6 is 0 Å². The lowest BCUT2D eigenvalue weighted by atomic mass is 10.1. The van der Waals surface area contributed by atoms with Crippen molar-refractivity contribution in [3.8, 4) is 5.75 Å². The van der Waals surface area contributed by atoms with Gasteiger partial charge < -0.3 is 10.5 Å². The van der Waals surface area contributed by atoms with E-state index in [0.29, 0.717) is 17.0 Å². The van der Waals surface area contributed by atoms with Gasteiger partial charge in [-0.25, -0.2) is 0 Å². The number of ether oxygens (including phenoxy) is 1. The van der Waals surface area contributed by atoms with Crippen molar-refractivity contribution in [2.24, 2.45) is 0 Å². The maximum atomic E-state index is 10.5. The van der Waals surface area contributed by atoms with Crippen LogP contribution < -0.4 is 10.5 Å². The highest BCUT2D eigenvalue weighted by molar-refractivity contribution is 5.81. The van der Waals surface area contributed by atoms with Gasteiger partial charge >= 0.3 is 0 Å². The van der Waals surface area contributed by atoms with E-state index in [4.69, 9.17) is 10.5 Å². The van der Waals surface area contributed by atoms with Gasteiger partial charge in [0.25, 0.3) is 0 Å². The van der Waals surface area contributed by atoms with E-state index in [0.717, 1.165) is 11.8 Å². The average molecular weight is 165 g/mol. The number of nitrogen functional groups attached to an aromatic ring is 1. The molecule has 3 heteroatoms. The summed E-state index contributed by atoms with van der Waals surface area (Å²) in [5.41, 5.74) is 7.68. The number of benzene rings is 1. The number of methoxy groups -OCH3 is 1. The van der Waals surface area contributed by atoms with Gasteiger partial charge in [0.05, 0.1) is 12.7 Å². The Morgan fingerprint density at radius 2 is 2.17 bits per heavy atom. The molecule has 0 fully saturated rings. The van der Waals surface area contributed by atoms with Crippen molar-refractivity contribution < 1.29 is 9.53 Å². The lowest BCUT2D eigenvalue weighted by Crippen LogP contribution is -1.96. The molecule has 64 valence electrons. The van der Waals surface area contributed by atoms with E-state index < -0.39 is 0 Å². The molecule has 0 saturated carbocycles. The fourth-order valence-electron chi connectivity index (χ4n) is 0.995. The average Bonchev–Trinajstić information content (AvgIpc) is 2.09. The zero-order chi connectivity index (χ0) is 9.14. The van der Waals surface area contributed by atoms with E-state index in [1.54, 1.807) is 12.1 Å². The molecule has 0 atom stereocenters. The van der Waals surface area contributed by atoms with Crippen LogP contribution in [0.3, 0.4) is 0 Å². The second kappa shape index (κ2) is 3.26. The molecule has 0 aliphatic rings. The first-order valence-corrected chi connectivity index (χ1v) is 3.58. The fourth-order valence-corrected chi connectivity index (χ4v) is 0.995. The Morgan fingerprint density at radius 1 is 1.50 bits per heavy atom. The Bertz CT molecular complexity index is 308. The summed E-state index contributed by atoms with van der Waals surface area (Å²) in [5, 5.41) is 0. The number of nitrogens with two attached hydrogens (primary N) is 1. The van der Waals surface area contributed by atoms with Crippen LogP contribution in [0.4, 0.5) is 5.69 Å². The summed E-state index contributed by atoms with van der Waals surface area (Å²) in [5.74, 6) is 0.521. The Hall–Kier alpha value is -1.51. The van der Waals surface area contributed by atoms with E-state index in [1.807, 2.05) is 6.92 Å². The summed E-state index contributed by atoms with van der Waals surface area (Å²) in [7, 11) is 1.51. The van der Waals surface area contributed by atoms with E-state index in [1.165, 1.54) is 7.11 Å².